The van der Waals surface area contributed by atoms with E-state index in [-0.39, 0.29) is 10.0 Å². The molecular weight excluding hydrogens is 426 g/mol. The van der Waals surface area contributed by atoms with Crippen molar-refractivity contribution in [1.29, 1.82) is 0 Å². The Kier molecular flexibility index (Phi) is 7.72. The first kappa shape index (κ1) is 23.1. The molecule has 1 amide bonds. The zero-order valence-corrected chi connectivity index (χ0v) is 18.1. The third-order valence-electron chi connectivity index (χ3n) is 3.56. The lowest BCUT2D eigenvalue weighted by molar-refractivity contribution is 0.0977. The maximum absolute atomic E-state index is 12.3. The summed E-state index contributed by atoms with van der Waals surface area (Å²) in [5.74, 6) is 0.129. The number of hydrogen-bond donors (Lipinski definition) is 4. The topological polar surface area (TPSA) is 149 Å². The van der Waals surface area contributed by atoms with Gasteiger partial charge in [0, 0.05) is 11.3 Å². The Morgan fingerprint density at radius 3 is 2.23 bits per heavy atom. The van der Waals surface area contributed by atoms with E-state index in [1.807, 2.05) is 13.8 Å². The van der Waals surface area contributed by atoms with E-state index in [0.29, 0.717) is 29.5 Å². The van der Waals surface area contributed by atoms with Crippen molar-refractivity contribution >= 4 is 44.9 Å². The Morgan fingerprint density at radius 1 is 1.10 bits per heavy atom. The molecule has 30 heavy (non-hydrogen) atoms. The lowest BCUT2D eigenvalue weighted by atomic mass is 10.2. The highest BCUT2D eigenvalue weighted by molar-refractivity contribution is 7.90. The highest BCUT2D eigenvalue weighted by Crippen LogP contribution is 2.16. The van der Waals surface area contributed by atoms with Crippen LogP contribution in [0.1, 0.15) is 24.2 Å². The molecule has 0 atom stereocenters. The number of anilines is 1. The number of rotatable bonds is 7. The number of nitrogens with two attached hydrogens (primary N) is 2. The van der Waals surface area contributed by atoms with Crippen molar-refractivity contribution in [2.24, 2.45) is 21.8 Å². The van der Waals surface area contributed by atoms with E-state index < -0.39 is 21.9 Å². The first-order chi connectivity index (χ1) is 14.1. The first-order valence-corrected chi connectivity index (χ1v) is 10.7. The predicted molar refractivity (Wildman–Crippen MR) is 120 cm³/mol. The maximum atomic E-state index is 12.3. The van der Waals surface area contributed by atoms with E-state index in [0.717, 1.165) is 0 Å². The number of hydrogen-bond acceptors (Lipinski definition) is 5. The molecule has 0 aliphatic heterocycles. The molecule has 2 aromatic carbocycles. The van der Waals surface area contributed by atoms with E-state index in [4.69, 9.17) is 28.4 Å². The van der Waals surface area contributed by atoms with Gasteiger partial charge in [-0.3, -0.25) is 10.1 Å². The Hall–Kier alpha value is -3.18. The van der Waals surface area contributed by atoms with Crippen LogP contribution in [-0.4, -0.2) is 32.0 Å². The van der Waals surface area contributed by atoms with E-state index in [1.54, 1.807) is 24.3 Å². The largest absolute Gasteiger partial charge is 0.493 e. The van der Waals surface area contributed by atoms with Crippen LogP contribution < -0.4 is 26.8 Å². The van der Waals surface area contributed by atoms with Gasteiger partial charge < -0.3 is 21.5 Å². The lowest BCUT2D eigenvalue weighted by Gasteiger charge is -2.11. The minimum atomic E-state index is -3.98. The van der Waals surface area contributed by atoms with E-state index in [1.165, 1.54) is 24.3 Å². The lowest BCUT2D eigenvalue weighted by Crippen LogP contribution is -2.34. The predicted octanol–water partition coefficient (Wildman–Crippen LogP) is 1.81. The average molecular weight is 450 g/mol. The SMILES string of the molecule is CC(C)COc1ccc(C(=O)NC(=S)Nc2ccc(S(=O)(=O)N=C(N)N)cc2)cc1. The molecule has 0 saturated carbocycles. The third-order valence-corrected chi connectivity index (χ3v) is 5.09. The van der Waals surface area contributed by atoms with Crippen molar-refractivity contribution < 1.29 is 17.9 Å². The first-order valence-electron chi connectivity index (χ1n) is 8.88. The highest BCUT2D eigenvalue weighted by Gasteiger charge is 2.13. The molecule has 11 heteroatoms. The zero-order chi connectivity index (χ0) is 22.3. The van der Waals surface area contributed by atoms with Crippen LogP contribution >= 0.6 is 12.2 Å². The molecule has 0 aromatic heterocycles. The van der Waals surface area contributed by atoms with Crippen LogP contribution in [0.5, 0.6) is 5.75 Å². The van der Waals surface area contributed by atoms with Gasteiger partial charge in [-0.05, 0) is 66.7 Å². The monoisotopic (exact) mass is 449 g/mol. The van der Waals surface area contributed by atoms with Crippen LogP contribution in [0.25, 0.3) is 0 Å². The summed E-state index contributed by atoms with van der Waals surface area (Å²) in [6.07, 6.45) is 0. The molecule has 0 saturated heterocycles. The second-order valence-corrected chi connectivity index (χ2v) is 8.67. The van der Waals surface area contributed by atoms with Gasteiger partial charge in [0.25, 0.3) is 15.9 Å². The third kappa shape index (κ3) is 7.01. The second kappa shape index (κ2) is 10.0. The molecule has 0 aliphatic carbocycles. The molecule has 0 spiro atoms. The molecule has 9 nitrogen and oxygen atoms in total. The summed E-state index contributed by atoms with van der Waals surface area (Å²) in [6.45, 7) is 4.68. The van der Waals surface area contributed by atoms with E-state index in [2.05, 4.69) is 15.0 Å². The molecule has 2 aromatic rings. The normalized spacial score (nSPS) is 10.9. The van der Waals surface area contributed by atoms with Gasteiger partial charge in [-0.15, -0.1) is 4.40 Å². The van der Waals surface area contributed by atoms with Crippen molar-refractivity contribution in [3.05, 3.63) is 54.1 Å². The Morgan fingerprint density at radius 2 is 1.70 bits per heavy atom. The fraction of sp³-hybridized carbons (Fsp3) is 0.211. The fourth-order valence-electron chi connectivity index (χ4n) is 2.20. The number of amides is 1. The summed E-state index contributed by atoms with van der Waals surface area (Å²) >= 11 is 5.13. The van der Waals surface area contributed by atoms with Gasteiger partial charge in [-0.25, -0.2) is 0 Å². The number of ether oxygens (including phenoxy) is 1. The quantitative estimate of drug-likeness (QED) is 0.284. The number of carbonyl (C=O) groups is 1. The molecule has 160 valence electrons. The van der Waals surface area contributed by atoms with Gasteiger partial charge in [-0.1, -0.05) is 13.8 Å². The van der Waals surface area contributed by atoms with Gasteiger partial charge in [0.1, 0.15) is 5.75 Å². The highest BCUT2D eigenvalue weighted by atomic mass is 32.2. The molecule has 0 unspecified atom stereocenters. The summed E-state index contributed by atoms with van der Waals surface area (Å²) in [6, 6.07) is 12.2. The number of nitrogens with zero attached hydrogens (tertiary/aromatic N) is 1. The van der Waals surface area contributed by atoms with Crippen molar-refractivity contribution in [3.8, 4) is 5.75 Å². The summed E-state index contributed by atoms with van der Waals surface area (Å²) in [5.41, 5.74) is 11.1. The Balaban J connectivity index is 1.95. The summed E-state index contributed by atoms with van der Waals surface area (Å²) < 4.78 is 32.6. The van der Waals surface area contributed by atoms with Crippen molar-refractivity contribution in [1.82, 2.24) is 5.32 Å². The van der Waals surface area contributed by atoms with Gasteiger partial charge >= 0.3 is 0 Å². The summed E-state index contributed by atoms with van der Waals surface area (Å²) in [7, 11) is -3.98. The van der Waals surface area contributed by atoms with Crippen LogP contribution in [0, 0.1) is 5.92 Å². The maximum Gasteiger partial charge on any atom is 0.285 e. The number of thiocarbonyl (C=S) groups is 1. The van der Waals surface area contributed by atoms with Crippen molar-refractivity contribution in [2.75, 3.05) is 11.9 Å². The molecule has 6 N–H and O–H groups in total. The van der Waals surface area contributed by atoms with Crippen LogP contribution in [0.4, 0.5) is 5.69 Å². The molecule has 0 bridgehead atoms. The van der Waals surface area contributed by atoms with Gasteiger partial charge in [0.15, 0.2) is 5.11 Å². The van der Waals surface area contributed by atoms with E-state index >= 15 is 0 Å². The standard InChI is InChI=1S/C19H23N5O4S2/c1-12(2)11-28-15-7-3-13(4-8-15)17(25)23-19(29)22-14-5-9-16(10-6-14)30(26,27)24-18(20)21/h3-10,12H,11H2,1-2H3,(H4,20,21,24)(H2,22,23,25,29). The molecule has 0 aliphatic rings. The molecule has 2 rings (SSSR count). The fourth-order valence-corrected chi connectivity index (χ4v) is 3.28. The number of benzene rings is 2. The minimum absolute atomic E-state index is 0.0555. The van der Waals surface area contributed by atoms with E-state index in [9.17, 15) is 13.2 Å². The number of guanidine groups is 1. The van der Waals surface area contributed by atoms with Crippen LogP contribution in [0.2, 0.25) is 0 Å². The number of nitrogens with one attached hydrogen (secondary N) is 2. The van der Waals surface area contributed by atoms with Gasteiger partial charge in [0.05, 0.1) is 11.5 Å². The average Bonchev–Trinajstić information content (AvgIpc) is 2.66. The molecule has 0 radical (unpaired) electrons. The number of sulfonamides is 1. The molecular formula is C19H23N5O4S2. The summed E-state index contributed by atoms with van der Waals surface area (Å²) in [4.78, 5) is 12.2. The van der Waals surface area contributed by atoms with Gasteiger partial charge in [0.2, 0.25) is 5.96 Å². The summed E-state index contributed by atoms with van der Waals surface area (Å²) in [5, 5.41) is 5.41. The minimum Gasteiger partial charge on any atom is -0.493 e. The molecule has 0 heterocycles. The van der Waals surface area contributed by atoms with Crippen LogP contribution in [0.15, 0.2) is 57.8 Å². The molecule has 0 fully saturated rings. The number of carbonyl (C=O) groups excluding carboxylic acids is 1. The van der Waals surface area contributed by atoms with Crippen LogP contribution in [-0.2, 0) is 10.0 Å². The smallest absolute Gasteiger partial charge is 0.285 e. The Bertz CT molecular complexity index is 1030. The van der Waals surface area contributed by atoms with Gasteiger partial charge in [-0.2, -0.15) is 8.42 Å². The second-order valence-electron chi connectivity index (χ2n) is 6.65. The van der Waals surface area contributed by atoms with Crippen molar-refractivity contribution in [3.63, 3.8) is 0 Å². The Labute approximate surface area is 180 Å². The zero-order valence-electron chi connectivity index (χ0n) is 16.5. The van der Waals surface area contributed by atoms with Crippen LogP contribution in [0.3, 0.4) is 0 Å². The van der Waals surface area contributed by atoms with Crippen molar-refractivity contribution in [2.45, 2.75) is 18.7 Å².